The van der Waals surface area contributed by atoms with Gasteiger partial charge in [0.1, 0.15) is 0 Å². The zero-order valence-electron chi connectivity index (χ0n) is 12.3. The van der Waals surface area contributed by atoms with Crippen LogP contribution in [0.3, 0.4) is 0 Å². The lowest BCUT2D eigenvalue weighted by Gasteiger charge is -2.45. The average molecular weight is 268 g/mol. The normalized spacial score (nSPS) is 16.9. The van der Waals surface area contributed by atoms with Crippen LogP contribution in [0, 0.1) is 5.41 Å². The first-order valence-electron chi connectivity index (χ1n) is 7.71. The van der Waals surface area contributed by atoms with Crippen molar-refractivity contribution in [2.24, 2.45) is 11.1 Å². The maximum Gasteiger partial charge on any atom is 0.0445 e. The lowest BCUT2D eigenvalue weighted by Crippen LogP contribution is -2.47. The molecule has 0 bridgehead atoms. The summed E-state index contributed by atoms with van der Waals surface area (Å²) in [4.78, 5) is 2.51. The minimum absolute atomic E-state index is 0.354. The van der Waals surface area contributed by atoms with Crippen LogP contribution in [0.2, 0.25) is 0 Å². The molecule has 0 saturated heterocycles. The van der Waals surface area contributed by atoms with Crippen LogP contribution >= 0.6 is 0 Å². The van der Waals surface area contributed by atoms with Gasteiger partial charge in [0.25, 0.3) is 0 Å². The van der Waals surface area contributed by atoms with Crippen molar-refractivity contribution in [1.82, 2.24) is 0 Å². The van der Waals surface area contributed by atoms with Gasteiger partial charge in [-0.3, -0.25) is 0 Å². The van der Waals surface area contributed by atoms with Gasteiger partial charge in [0, 0.05) is 29.6 Å². The van der Waals surface area contributed by atoms with Crippen molar-refractivity contribution < 1.29 is 0 Å². The number of benzene rings is 2. The Labute approximate surface area is 121 Å². The number of nitrogens with zero attached hydrogens (tertiary/aromatic N) is 1. The van der Waals surface area contributed by atoms with E-state index in [-0.39, 0.29) is 0 Å². The molecule has 1 aliphatic rings. The van der Waals surface area contributed by atoms with Crippen LogP contribution in [0.15, 0.2) is 42.5 Å². The van der Waals surface area contributed by atoms with Crippen LogP contribution in [0.4, 0.5) is 5.69 Å². The highest BCUT2D eigenvalue weighted by molar-refractivity contribution is 5.94. The molecule has 2 aromatic carbocycles. The highest BCUT2D eigenvalue weighted by Crippen LogP contribution is 2.42. The quantitative estimate of drug-likeness (QED) is 0.894. The highest BCUT2D eigenvalue weighted by atomic mass is 15.1. The molecule has 0 aromatic heterocycles. The third kappa shape index (κ3) is 2.29. The second-order valence-corrected chi connectivity index (χ2v) is 6.07. The maximum absolute atomic E-state index is 6.04. The minimum atomic E-state index is 0.354. The van der Waals surface area contributed by atoms with E-state index < -0.39 is 0 Å². The van der Waals surface area contributed by atoms with E-state index in [2.05, 4.69) is 54.3 Å². The van der Waals surface area contributed by atoms with E-state index in [0.29, 0.717) is 5.41 Å². The molecule has 0 heterocycles. The third-order valence-corrected chi connectivity index (χ3v) is 4.86. The van der Waals surface area contributed by atoms with E-state index in [0.717, 1.165) is 19.6 Å². The van der Waals surface area contributed by atoms with Crippen LogP contribution in [0.5, 0.6) is 0 Å². The molecule has 1 saturated carbocycles. The van der Waals surface area contributed by atoms with E-state index in [1.54, 1.807) is 0 Å². The predicted octanol–water partition coefficient (Wildman–Crippen LogP) is 3.80. The van der Waals surface area contributed by atoms with Gasteiger partial charge in [-0.2, -0.15) is 0 Å². The number of hydrogen-bond donors (Lipinski definition) is 1. The van der Waals surface area contributed by atoms with Gasteiger partial charge in [0.05, 0.1) is 0 Å². The Morgan fingerprint density at radius 2 is 1.85 bits per heavy atom. The predicted molar refractivity (Wildman–Crippen MR) is 87.2 cm³/mol. The molecule has 0 aliphatic heterocycles. The topological polar surface area (TPSA) is 29.3 Å². The Hall–Kier alpha value is -1.54. The van der Waals surface area contributed by atoms with Crippen molar-refractivity contribution >= 4 is 16.5 Å². The molecule has 1 aliphatic carbocycles. The fourth-order valence-corrected chi connectivity index (χ4v) is 3.36. The van der Waals surface area contributed by atoms with Crippen LogP contribution < -0.4 is 10.6 Å². The molecule has 0 atom stereocenters. The summed E-state index contributed by atoms with van der Waals surface area (Å²) in [5.74, 6) is 0. The zero-order chi connectivity index (χ0) is 14.0. The largest absolute Gasteiger partial charge is 0.371 e. The average Bonchev–Trinajstić information content (AvgIpc) is 2.47. The second kappa shape index (κ2) is 5.45. The monoisotopic (exact) mass is 268 g/mol. The van der Waals surface area contributed by atoms with Crippen LogP contribution in [-0.4, -0.2) is 19.6 Å². The molecule has 3 rings (SSSR count). The van der Waals surface area contributed by atoms with Crippen molar-refractivity contribution in [2.75, 3.05) is 24.5 Å². The summed E-state index contributed by atoms with van der Waals surface area (Å²) < 4.78 is 0. The van der Waals surface area contributed by atoms with Gasteiger partial charge in [0.15, 0.2) is 0 Å². The van der Waals surface area contributed by atoms with E-state index >= 15 is 0 Å². The molecule has 106 valence electrons. The van der Waals surface area contributed by atoms with Crippen molar-refractivity contribution in [3.05, 3.63) is 42.5 Å². The first kappa shape index (κ1) is 13.4. The molecule has 2 N–H and O–H groups in total. The Morgan fingerprint density at radius 1 is 1.10 bits per heavy atom. The summed E-state index contributed by atoms with van der Waals surface area (Å²) >= 11 is 0. The lowest BCUT2D eigenvalue weighted by molar-refractivity contribution is 0.152. The maximum atomic E-state index is 6.04. The van der Waals surface area contributed by atoms with Gasteiger partial charge in [-0.05, 0) is 37.8 Å². The van der Waals surface area contributed by atoms with Crippen LogP contribution in [0.25, 0.3) is 10.8 Å². The molecule has 20 heavy (non-hydrogen) atoms. The van der Waals surface area contributed by atoms with Crippen LogP contribution in [0.1, 0.15) is 26.2 Å². The van der Waals surface area contributed by atoms with Gasteiger partial charge in [0.2, 0.25) is 0 Å². The van der Waals surface area contributed by atoms with Gasteiger partial charge < -0.3 is 10.6 Å². The van der Waals surface area contributed by atoms with E-state index in [1.165, 1.54) is 35.7 Å². The molecule has 2 heteroatoms. The van der Waals surface area contributed by atoms with Crippen molar-refractivity contribution in [3.63, 3.8) is 0 Å². The number of nitrogens with two attached hydrogens (primary N) is 1. The SMILES string of the molecule is CCN(CC1(CN)CCC1)c1cccc2ccccc12. The molecule has 1 fully saturated rings. The van der Waals surface area contributed by atoms with Gasteiger partial charge in [-0.1, -0.05) is 42.8 Å². The molecule has 0 amide bonds. The minimum Gasteiger partial charge on any atom is -0.371 e. The van der Waals surface area contributed by atoms with Gasteiger partial charge in [-0.25, -0.2) is 0 Å². The molecule has 2 nitrogen and oxygen atoms in total. The van der Waals surface area contributed by atoms with E-state index in [9.17, 15) is 0 Å². The van der Waals surface area contributed by atoms with Gasteiger partial charge in [-0.15, -0.1) is 0 Å². The number of fused-ring (bicyclic) bond motifs is 1. The molecule has 0 unspecified atom stereocenters. The number of anilines is 1. The molecule has 0 radical (unpaired) electrons. The third-order valence-electron chi connectivity index (χ3n) is 4.86. The molecule has 0 spiro atoms. The van der Waals surface area contributed by atoms with Crippen LogP contribution in [-0.2, 0) is 0 Å². The lowest BCUT2D eigenvalue weighted by atomic mass is 9.68. The fourth-order valence-electron chi connectivity index (χ4n) is 3.36. The van der Waals surface area contributed by atoms with Crippen molar-refractivity contribution in [3.8, 4) is 0 Å². The Bertz CT molecular complexity index is 576. The first-order valence-corrected chi connectivity index (χ1v) is 7.71. The van der Waals surface area contributed by atoms with Crippen molar-refractivity contribution in [1.29, 1.82) is 0 Å². The van der Waals surface area contributed by atoms with E-state index in [1.807, 2.05) is 0 Å². The summed E-state index contributed by atoms with van der Waals surface area (Å²) in [6, 6.07) is 15.2. The zero-order valence-corrected chi connectivity index (χ0v) is 12.3. The smallest absolute Gasteiger partial charge is 0.0445 e. The summed E-state index contributed by atoms with van der Waals surface area (Å²) in [5, 5.41) is 2.67. The fraction of sp³-hybridized carbons (Fsp3) is 0.444. The second-order valence-electron chi connectivity index (χ2n) is 6.07. The summed E-state index contributed by atoms with van der Waals surface area (Å²) in [5.41, 5.74) is 7.74. The van der Waals surface area contributed by atoms with Crippen molar-refractivity contribution in [2.45, 2.75) is 26.2 Å². The Kier molecular flexibility index (Phi) is 3.66. The number of hydrogen-bond acceptors (Lipinski definition) is 2. The summed E-state index contributed by atoms with van der Waals surface area (Å²) in [6.45, 7) is 5.18. The summed E-state index contributed by atoms with van der Waals surface area (Å²) in [6.07, 6.45) is 3.90. The number of rotatable bonds is 5. The standard InChI is InChI=1S/C18H24N2/c1-2-20(14-18(13-19)11-6-12-18)17-10-5-8-15-7-3-4-9-16(15)17/h3-5,7-10H,2,6,11-14,19H2,1H3. The molecular weight excluding hydrogens is 244 g/mol. The molecule has 2 aromatic rings. The van der Waals surface area contributed by atoms with Gasteiger partial charge >= 0.3 is 0 Å². The first-order chi connectivity index (χ1) is 9.78. The highest BCUT2D eigenvalue weighted by Gasteiger charge is 2.37. The van der Waals surface area contributed by atoms with E-state index in [4.69, 9.17) is 5.73 Å². The Morgan fingerprint density at radius 3 is 2.50 bits per heavy atom. The summed E-state index contributed by atoms with van der Waals surface area (Å²) in [7, 11) is 0. The molecular formula is C18H24N2. The Balaban J connectivity index is 1.95.